The Morgan fingerprint density at radius 1 is 1.17 bits per heavy atom. The average molecular weight is 296 g/mol. The van der Waals surface area contributed by atoms with Gasteiger partial charge >= 0.3 is 0 Å². The van der Waals surface area contributed by atoms with E-state index in [9.17, 15) is 16.8 Å². The third-order valence-corrected chi connectivity index (χ3v) is 8.00. The minimum absolute atomic E-state index is 0.0340. The lowest BCUT2D eigenvalue weighted by Crippen LogP contribution is -2.46. The van der Waals surface area contributed by atoms with Gasteiger partial charge in [-0.25, -0.2) is 21.1 Å². The van der Waals surface area contributed by atoms with Gasteiger partial charge in [0.2, 0.25) is 10.0 Å². The summed E-state index contributed by atoms with van der Waals surface area (Å²) >= 11 is 0. The zero-order chi connectivity index (χ0) is 13.4. The molecule has 0 radical (unpaired) electrons. The molecule has 8 heteroatoms. The molecule has 0 saturated carbocycles. The van der Waals surface area contributed by atoms with Crippen LogP contribution in [-0.4, -0.2) is 64.1 Å². The lowest BCUT2D eigenvalue weighted by molar-refractivity contribution is 0.376. The number of piperidine rings is 1. The molecule has 2 fully saturated rings. The van der Waals surface area contributed by atoms with Crippen molar-refractivity contribution in [3.05, 3.63) is 0 Å². The molecule has 0 aromatic rings. The third-order valence-electron chi connectivity index (χ3n) is 3.83. The summed E-state index contributed by atoms with van der Waals surface area (Å²) in [5.74, 6) is 0.0669. The van der Waals surface area contributed by atoms with E-state index in [2.05, 4.69) is 5.32 Å². The van der Waals surface area contributed by atoms with Gasteiger partial charge in [0.15, 0.2) is 9.84 Å². The van der Waals surface area contributed by atoms with Crippen LogP contribution >= 0.6 is 0 Å². The fourth-order valence-corrected chi connectivity index (χ4v) is 6.36. The van der Waals surface area contributed by atoms with Crippen molar-refractivity contribution in [2.24, 2.45) is 0 Å². The number of sulfonamides is 1. The highest BCUT2D eigenvalue weighted by molar-refractivity contribution is 7.92. The number of sulfone groups is 1. The fraction of sp³-hybridized carbons (Fsp3) is 1.00. The Balaban J connectivity index is 2.10. The molecule has 1 atom stereocenters. The number of rotatable bonds is 3. The fourth-order valence-electron chi connectivity index (χ4n) is 2.60. The van der Waals surface area contributed by atoms with Gasteiger partial charge in [-0.3, -0.25) is 0 Å². The highest BCUT2D eigenvalue weighted by Crippen LogP contribution is 2.24. The topological polar surface area (TPSA) is 83.6 Å². The lowest BCUT2D eigenvalue weighted by atomic mass is 10.2. The largest absolute Gasteiger partial charge is 0.317 e. The predicted octanol–water partition coefficient (Wildman–Crippen LogP) is -0.813. The number of nitrogens with zero attached hydrogens (tertiary/aromatic N) is 1. The zero-order valence-corrected chi connectivity index (χ0v) is 12.1. The van der Waals surface area contributed by atoms with Crippen LogP contribution in [0, 0.1) is 0 Å². The lowest BCUT2D eigenvalue weighted by Gasteiger charge is -2.30. The van der Waals surface area contributed by atoms with E-state index in [1.165, 1.54) is 11.4 Å². The summed E-state index contributed by atoms with van der Waals surface area (Å²) < 4.78 is 48.9. The second-order valence-corrected chi connectivity index (χ2v) is 9.57. The average Bonchev–Trinajstić information content (AvgIpc) is 2.69. The molecule has 2 aliphatic heterocycles. The van der Waals surface area contributed by atoms with Gasteiger partial charge in [-0.05, 0) is 32.4 Å². The van der Waals surface area contributed by atoms with Crippen molar-refractivity contribution >= 4 is 19.9 Å². The van der Waals surface area contributed by atoms with Crippen molar-refractivity contribution in [2.45, 2.75) is 30.6 Å². The first-order valence-electron chi connectivity index (χ1n) is 6.21. The summed E-state index contributed by atoms with van der Waals surface area (Å²) in [4.78, 5) is 0. The van der Waals surface area contributed by atoms with Crippen LogP contribution in [0.5, 0.6) is 0 Å². The third kappa shape index (κ3) is 2.87. The summed E-state index contributed by atoms with van der Waals surface area (Å²) in [5.41, 5.74) is 0. The molecular formula is C10H20N2O4S2. The van der Waals surface area contributed by atoms with Crippen molar-refractivity contribution < 1.29 is 16.8 Å². The minimum atomic E-state index is -3.37. The van der Waals surface area contributed by atoms with Gasteiger partial charge in [0.05, 0.1) is 16.8 Å². The predicted molar refractivity (Wildman–Crippen MR) is 69.6 cm³/mol. The molecule has 0 bridgehead atoms. The van der Waals surface area contributed by atoms with Gasteiger partial charge < -0.3 is 5.32 Å². The molecular weight excluding hydrogens is 276 g/mol. The second-order valence-electron chi connectivity index (χ2n) is 5.07. The van der Waals surface area contributed by atoms with Crippen molar-refractivity contribution in [1.82, 2.24) is 9.62 Å². The molecule has 18 heavy (non-hydrogen) atoms. The maximum atomic E-state index is 12.4. The molecule has 6 nitrogen and oxygen atoms in total. The van der Waals surface area contributed by atoms with Crippen molar-refractivity contribution in [1.29, 1.82) is 0 Å². The van der Waals surface area contributed by atoms with Crippen LogP contribution in [0.1, 0.15) is 19.3 Å². The maximum Gasteiger partial charge on any atom is 0.217 e. The number of hydrogen-bond acceptors (Lipinski definition) is 5. The SMILES string of the molecule is CN(C1CCS(=O)(=O)C1)S(=O)(=O)C1CCNCC1. The van der Waals surface area contributed by atoms with Gasteiger partial charge in [-0.2, -0.15) is 0 Å². The van der Waals surface area contributed by atoms with Crippen LogP contribution in [-0.2, 0) is 19.9 Å². The molecule has 1 N–H and O–H groups in total. The molecule has 2 rings (SSSR count). The van der Waals surface area contributed by atoms with E-state index in [1.807, 2.05) is 0 Å². The Morgan fingerprint density at radius 2 is 1.78 bits per heavy atom. The highest BCUT2D eigenvalue weighted by Gasteiger charge is 2.39. The quantitative estimate of drug-likeness (QED) is 0.736. The summed E-state index contributed by atoms with van der Waals surface area (Å²) in [6.07, 6.45) is 1.63. The number of hydrogen-bond donors (Lipinski definition) is 1. The van der Waals surface area contributed by atoms with Gasteiger partial charge in [0.1, 0.15) is 0 Å². The van der Waals surface area contributed by atoms with Crippen LogP contribution in [0.25, 0.3) is 0 Å². The maximum absolute atomic E-state index is 12.4. The molecule has 0 spiro atoms. The van der Waals surface area contributed by atoms with Crippen molar-refractivity contribution in [3.63, 3.8) is 0 Å². The van der Waals surface area contributed by atoms with E-state index in [-0.39, 0.29) is 22.8 Å². The Kier molecular flexibility index (Phi) is 4.01. The number of nitrogens with one attached hydrogen (secondary N) is 1. The van der Waals surface area contributed by atoms with Crippen molar-refractivity contribution in [3.8, 4) is 0 Å². The molecule has 2 heterocycles. The molecule has 0 aromatic heterocycles. The van der Waals surface area contributed by atoms with Crippen LogP contribution < -0.4 is 5.32 Å². The summed E-state index contributed by atoms with van der Waals surface area (Å²) in [6.45, 7) is 1.42. The first-order valence-corrected chi connectivity index (χ1v) is 9.53. The van der Waals surface area contributed by atoms with Crippen LogP contribution in [0.15, 0.2) is 0 Å². The molecule has 0 amide bonds. The molecule has 1 unspecified atom stereocenters. The van der Waals surface area contributed by atoms with E-state index in [0.29, 0.717) is 32.4 Å². The Labute approximate surface area is 109 Å². The Morgan fingerprint density at radius 3 is 2.28 bits per heavy atom. The first kappa shape index (κ1) is 14.2. The Bertz CT molecular complexity index is 494. The van der Waals surface area contributed by atoms with E-state index in [0.717, 1.165) is 0 Å². The molecule has 0 aliphatic carbocycles. The van der Waals surface area contributed by atoms with E-state index >= 15 is 0 Å². The van der Waals surface area contributed by atoms with Crippen LogP contribution in [0.2, 0.25) is 0 Å². The molecule has 106 valence electrons. The van der Waals surface area contributed by atoms with Crippen LogP contribution in [0.3, 0.4) is 0 Å². The smallest absolute Gasteiger partial charge is 0.217 e. The molecule has 2 saturated heterocycles. The van der Waals surface area contributed by atoms with Gasteiger partial charge in [0, 0.05) is 13.1 Å². The first-order chi connectivity index (χ1) is 8.33. The normalized spacial score (nSPS) is 29.8. The highest BCUT2D eigenvalue weighted by atomic mass is 32.2. The second kappa shape index (κ2) is 5.07. The van der Waals surface area contributed by atoms with Crippen LogP contribution in [0.4, 0.5) is 0 Å². The Hall–Kier alpha value is -0.180. The monoisotopic (exact) mass is 296 g/mol. The van der Waals surface area contributed by atoms with Gasteiger partial charge in [-0.1, -0.05) is 0 Å². The standard InChI is InChI=1S/C10H20N2O4S2/c1-12(9-4-7-17(13,14)8-9)18(15,16)10-2-5-11-6-3-10/h9-11H,2-8H2,1H3. The van der Waals surface area contributed by atoms with E-state index < -0.39 is 19.9 Å². The van der Waals surface area contributed by atoms with Gasteiger partial charge in [-0.15, -0.1) is 0 Å². The summed E-state index contributed by atoms with van der Waals surface area (Å²) in [7, 11) is -4.90. The zero-order valence-electron chi connectivity index (χ0n) is 10.5. The van der Waals surface area contributed by atoms with Gasteiger partial charge in [0.25, 0.3) is 0 Å². The van der Waals surface area contributed by atoms with Crippen molar-refractivity contribution in [2.75, 3.05) is 31.6 Å². The molecule has 2 aliphatic rings. The minimum Gasteiger partial charge on any atom is -0.317 e. The summed E-state index contributed by atoms with van der Waals surface area (Å²) in [5, 5.41) is 2.76. The summed E-state index contributed by atoms with van der Waals surface area (Å²) in [6, 6.07) is -0.380. The molecule has 0 aromatic carbocycles. The van der Waals surface area contributed by atoms with E-state index in [4.69, 9.17) is 0 Å². The van der Waals surface area contributed by atoms with E-state index in [1.54, 1.807) is 0 Å².